The molecule has 6 heteroatoms. The molecule has 1 fully saturated rings. The van der Waals surface area contributed by atoms with E-state index in [0.29, 0.717) is 12.5 Å². The van der Waals surface area contributed by atoms with E-state index in [1.165, 1.54) is 0 Å². The molecular weight excluding hydrogens is 390 g/mol. The minimum absolute atomic E-state index is 0.0375. The van der Waals surface area contributed by atoms with Crippen LogP contribution in [-0.2, 0) is 11.3 Å². The first-order valence-corrected chi connectivity index (χ1v) is 11.0. The van der Waals surface area contributed by atoms with Crippen LogP contribution in [0.25, 0.3) is 0 Å². The van der Waals surface area contributed by atoms with Gasteiger partial charge in [0.05, 0.1) is 26.8 Å². The van der Waals surface area contributed by atoms with E-state index in [-0.39, 0.29) is 11.9 Å². The third kappa shape index (κ3) is 6.45. The van der Waals surface area contributed by atoms with Crippen molar-refractivity contribution >= 4 is 5.91 Å². The van der Waals surface area contributed by atoms with Crippen molar-refractivity contribution in [2.75, 3.05) is 46.9 Å². The Morgan fingerprint density at radius 2 is 1.65 bits per heavy atom. The van der Waals surface area contributed by atoms with Gasteiger partial charge in [-0.25, -0.2) is 0 Å². The molecule has 2 aromatic carbocycles. The van der Waals surface area contributed by atoms with Crippen LogP contribution in [-0.4, -0.2) is 62.7 Å². The molecule has 0 spiro atoms. The smallest absolute Gasteiger partial charge is 0.234 e. The quantitative estimate of drug-likeness (QED) is 0.668. The largest absolute Gasteiger partial charge is 0.497 e. The van der Waals surface area contributed by atoms with Gasteiger partial charge in [-0.3, -0.25) is 14.6 Å². The second-order valence-corrected chi connectivity index (χ2v) is 8.43. The predicted octanol–water partition coefficient (Wildman–Crippen LogP) is 3.33. The van der Waals surface area contributed by atoms with Crippen LogP contribution in [0.3, 0.4) is 0 Å². The van der Waals surface area contributed by atoms with E-state index in [1.807, 2.05) is 36.4 Å². The monoisotopic (exact) mass is 425 g/mol. The molecule has 0 aromatic heterocycles. The first-order valence-electron chi connectivity index (χ1n) is 11.0. The minimum Gasteiger partial charge on any atom is -0.497 e. The molecule has 1 amide bonds. The lowest BCUT2D eigenvalue weighted by Crippen LogP contribution is -2.49. The number of nitrogens with one attached hydrogen (secondary N) is 1. The number of nitrogens with zero attached hydrogens (tertiary/aromatic N) is 2. The summed E-state index contributed by atoms with van der Waals surface area (Å²) < 4.78 is 10.9. The Balaban J connectivity index is 1.50. The van der Waals surface area contributed by atoms with Crippen molar-refractivity contribution in [2.45, 2.75) is 26.4 Å². The highest BCUT2D eigenvalue weighted by Crippen LogP contribution is 2.26. The van der Waals surface area contributed by atoms with E-state index in [1.54, 1.807) is 14.2 Å². The lowest BCUT2D eigenvalue weighted by atomic mass is 9.96. The topological polar surface area (TPSA) is 54.0 Å². The highest BCUT2D eigenvalue weighted by molar-refractivity contribution is 5.78. The van der Waals surface area contributed by atoms with Crippen molar-refractivity contribution in [3.63, 3.8) is 0 Å². The van der Waals surface area contributed by atoms with Crippen molar-refractivity contribution in [3.05, 3.63) is 59.7 Å². The van der Waals surface area contributed by atoms with Gasteiger partial charge in [-0.05, 0) is 29.7 Å². The summed E-state index contributed by atoms with van der Waals surface area (Å²) >= 11 is 0. The Labute approximate surface area is 186 Å². The lowest BCUT2D eigenvalue weighted by Gasteiger charge is -2.35. The number of ether oxygens (including phenoxy) is 2. The number of rotatable bonds is 9. The number of benzene rings is 2. The molecule has 168 valence electrons. The number of hydrogen-bond acceptors (Lipinski definition) is 5. The summed E-state index contributed by atoms with van der Waals surface area (Å²) in [5.74, 6) is 2.14. The summed E-state index contributed by atoms with van der Waals surface area (Å²) in [6, 6.07) is 16.1. The number of hydrogen-bond donors (Lipinski definition) is 1. The van der Waals surface area contributed by atoms with Crippen LogP contribution in [0.15, 0.2) is 48.5 Å². The highest BCUT2D eigenvalue weighted by Gasteiger charge is 2.23. The fourth-order valence-electron chi connectivity index (χ4n) is 4.07. The number of piperazine rings is 1. The molecule has 1 atom stereocenters. The lowest BCUT2D eigenvalue weighted by molar-refractivity contribution is -0.123. The van der Waals surface area contributed by atoms with Gasteiger partial charge in [0, 0.05) is 38.3 Å². The Morgan fingerprint density at radius 3 is 2.26 bits per heavy atom. The van der Waals surface area contributed by atoms with Crippen molar-refractivity contribution in [1.82, 2.24) is 15.1 Å². The molecule has 0 aliphatic carbocycles. The number of methoxy groups -OCH3 is 2. The summed E-state index contributed by atoms with van der Waals surface area (Å²) in [6.07, 6.45) is 0. The van der Waals surface area contributed by atoms with Gasteiger partial charge < -0.3 is 14.8 Å². The van der Waals surface area contributed by atoms with E-state index in [9.17, 15) is 4.79 Å². The second kappa shape index (κ2) is 11.2. The van der Waals surface area contributed by atoms with Crippen LogP contribution in [0.5, 0.6) is 11.5 Å². The van der Waals surface area contributed by atoms with E-state index in [0.717, 1.165) is 55.3 Å². The summed E-state index contributed by atoms with van der Waals surface area (Å²) in [4.78, 5) is 17.4. The van der Waals surface area contributed by atoms with Gasteiger partial charge in [0.1, 0.15) is 11.5 Å². The summed E-state index contributed by atoms with van der Waals surface area (Å²) in [5.41, 5.74) is 2.28. The van der Waals surface area contributed by atoms with E-state index >= 15 is 0 Å². The molecule has 1 heterocycles. The van der Waals surface area contributed by atoms with Gasteiger partial charge >= 0.3 is 0 Å². The van der Waals surface area contributed by atoms with Crippen LogP contribution in [0.4, 0.5) is 0 Å². The number of carbonyl (C=O) groups excluding carboxylic acids is 1. The third-order valence-corrected chi connectivity index (χ3v) is 5.86. The Kier molecular flexibility index (Phi) is 8.32. The zero-order valence-electron chi connectivity index (χ0n) is 19.1. The fraction of sp³-hybridized carbons (Fsp3) is 0.480. The maximum Gasteiger partial charge on any atom is 0.234 e. The van der Waals surface area contributed by atoms with Crippen molar-refractivity contribution < 1.29 is 14.3 Å². The molecule has 31 heavy (non-hydrogen) atoms. The molecule has 1 aliphatic heterocycles. The Hall–Kier alpha value is -2.57. The summed E-state index contributed by atoms with van der Waals surface area (Å²) in [5, 5.41) is 3.23. The van der Waals surface area contributed by atoms with Crippen LogP contribution in [0.2, 0.25) is 0 Å². The molecule has 0 bridgehead atoms. The third-order valence-electron chi connectivity index (χ3n) is 5.86. The number of amides is 1. The van der Waals surface area contributed by atoms with Gasteiger partial charge in [0.25, 0.3) is 0 Å². The first-order chi connectivity index (χ1) is 15.0. The van der Waals surface area contributed by atoms with Gasteiger partial charge in [-0.15, -0.1) is 0 Å². The van der Waals surface area contributed by atoms with Crippen molar-refractivity contribution in [3.8, 4) is 11.5 Å². The average molecular weight is 426 g/mol. The maximum atomic E-state index is 12.7. The predicted molar refractivity (Wildman–Crippen MR) is 123 cm³/mol. The second-order valence-electron chi connectivity index (χ2n) is 8.43. The van der Waals surface area contributed by atoms with E-state index < -0.39 is 0 Å². The van der Waals surface area contributed by atoms with E-state index in [4.69, 9.17) is 9.47 Å². The van der Waals surface area contributed by atoms with Crippen LogP contribution in [0.1, 0.15) is 31.0 Å². The zero-order valence-corrected chi connectivity index (χ0v) is 19.1. The summed E-state index contributed by atoms with van der Waals surface area (Å²) in [7, 11) is 3.37. The molecule has 6 nitrogen and oxygen atoms in total. The van der Waals surface area contributed by atoms with E-state index in [2.05, 4.69) is 41.1 Å². The Morgan fingerprint density at radius 1 is 0.968 bits per heavy atom. The molecule has 0 radical (unpaired) electrons. The average Bonchev–Trinajstić information content (AvgIpc) is 2.79. The van der Waals surface area contributed by atoms with Crippen LogP contribution < -0.4 is 14.8 Å². The molecule has 1 saturated heterocycles. The van der Waals surface area contributed by atoms with Crippen molar-refractivity contribution in [2.24, 2.45) is 5.92 Å². The molecular formula is C25H35N3O3. The minimum atomic E-state index is 0.0375. The zero-order chi connectivity index (χ0) is 22.2. The van der Waals surface area contributed by atoms with Gasteiger partial charge in [-0.2, -0.15) is 0 Å². The number of carbonyl (C=O) groups is 1. The van der Waals surface area contributed by atoms with Crippen LogP contribution in [0, 0.1) is 5.92 Å². The normalized spacial score (nSPS) is 16.2. The standard InChI is InChI=1S/C25H35N3O3/c1-19(2)25(20-8-6-5-7-9-20)26-24(29)18-28-14-12-27(13-15-28)17-21-16-22(30-3)10-11-23(21)31-4/h5-11,16,19,25H,12-15,17-18H2,1-4H3,(H,26,29). The Bertz CT molecular complexity index is 833. The van der Waals surface area contributed by atoms with Gasteiger partial charge in [0.2, 0.25) is 5.91 Å². The van der Waals surface area contributed by atoms with Gasteiger partial charge in [0.15, 0.2) is 0 Å². The summed E-state index contributed by atoms with van der Waals surface area (Å²) in [6.45, 7) is 9.11. The molecule has 1 unspecified atom stereocenters. The molecule has 3 rings (SSSR count). The first kappa shape index (κ1) is 23.1. The van der Waals surface area contributed by atoms with Gasteiger partial charge in [-0.1, -0.05) is 44.2 Å². The molecule has 1 aliphatic rings. The van der Waals surface area contributed by atoms with Crippen LogP contribution >= 0.6 is 0 Å². The molecule has 2 aromatic rings. The fourth-order valence-corrected chi connectivity index (χ4v) is 4.07. The molecule has 0 saturated carbocycles. The maximum absolute atomic E-state index is 12.7. The SMILES string of the molecule is COc1ccc(OC)c(CN2CCN(CC(=O)NC(c3ccccc3)C(C)C)CC2)c1. The van der Waals surface area contributed by atoms with Crippen molar-refractivity contribution in [1.29, 1.82) is 0 Å². The molecule has 1 N–H and O–H groups in total. The highest BCUT2D eigenvalue weighted by atomic mass is 16.5.